The molecule has 8 heteroatoms. The van der Waals surface area contributed by atoms with Gasteiger partial charge in [-0.25, -0.2) is 0 Å². The van der Waals surface area contributed by atoms with Crippen molar-refractivity contribution in [2.24, 2.45) is 0 Å². The van der Waals surface area contributed by atoms with Crippen LogP contribution >= 0.6 is 11.8 Å². The van der Waals surface area contributed by atoms with Gasteiger partial charge in [-0.2, -0.15) is 0 Å². The normalized spacial score (nSPS) is 16.9. The minimum atomic E-state index is -0.424. The van der Waals surface area contributed by atoms with Crippen molar-refractivity contribution in [2.75, 3.05) is 13.1 Å². The molecule has 2 aromatic heterocycles. The van der Waals surface area contributed by atoms with Gasteiger partial charge in [0.05, 0.1) is 16.8 Å². The first-order valence-corrected chi connectivity index (χ1v) is 11.9. The molecule has 34 heavy (non-hydrogen) atoms. The number of carbonyl (C=O) groups is 3. The van der Waals surface area contributed by atoms with Crippen LogP contribution in [0, 0.1) is 13.8 Å². The number of fused-ring (bicyclic) bond motifs is 1. The average Bonchev–Trinajstić information content (AvgIpc) is 3.28. The second kappa shape index (κ2) is 8.95. The highest BCUT2D eigenvalue weighted by Crippen LogP contribution is 2.34. The molecule has 2 aliphatic heterocycles. The molecule has 4 heterocycles. The third kappa shape index (κ3) is 4.05. The molecular weight excluding hydrogens is 448 g/mol. The topological polar surface area (TPSA) is 75.5 Å². The highest BCUT2D eigenvalue weighted by molar-refractivity contribution is 8.18. The summed E-state index contributed by atoms with van der Waals surface area (Å²) in [5.74, 6) is -0.639. The van der Waals surface area contributed by atoms with Crippen LogP contribution in [0.1, 0.15) is 28.1 Å². The standard InChI is InChI=1S/C26H24N4O3S/c1-17-12-21(18(2)30(17)22-8-5-10-27-14-22)13-23-25(32)29(26(33)34-23)16-24(31)28-11-9-19-6-3-4-7-20(19)15-28/h3-8,10,12-14H,9,11,15-16H2,1-2H3. The molecule has 0 atom stereocenters. The summed E-state index contributed by atoms with van der Waals surface area (Å²) in [4.78, 5) is 45.9. The predicted octanol–water partition coefficient (Wildman–Crippen LogP) is 4.11. The van der Waals surface area contributed by atoms with Crippen molar-refractivity contribution in [3.63, 3.8) is 0 Å². The number of aromatic nitrogens is 2. The number of thioether (sulfide) groups is 1. The lowest BCUT2D eigenvalue weighted by atomic mass is 10.00. The maximum absolute atomic E-state index is 13.0. The van der Waals surface area contributed by atoms with Crippen LogP contribution in [0.5, 0.6) is 0 Å². The van der Waals surface area contributed by atoms with Gasteiger partial charge in [0, 0.05) is 30.7 Å². The van der Waals surface area contributed by atoms with Crippen molar-refractivity contribution in [1.82, 2.24) is 19.4 Å². The van der Waals surface area contributed by atoms with Crippen molar-refractivity contribution >= 4 is 34.9 Å². The molecule has 0 aliphatic carbocycles. The number of imide groups is 1. The molecule has 0 spiro atoms. The number of hydrogen-bond donors (Lipinski definition) is 0. The van der Waals surface area contributed by atoms with Gasteiger partial charge in [0.15, 0.2) is 0 Å². The Kier molecular flexibility index (Phi) is 5.83. The first-order valence-electron chi connectivity index (χ1n) is 11.1. The largest absolute Gasteiger partial charge is 0.336 e. The van der Waals surface area contributed by atoms with Crippen molar-refractivity contribution in [3.8, 4) is 5.69 Å². The van der Waals surface area contributed by atoms with Crippen LogP contribution in [0.4, 0.5) is 4.79 Å². The molecule has 172 valence electrons. The van der Waals surface area contributed by atoms with E-state index in [1.54, 1.807) is 23.4 Å². The van der Waals surface area contributed by atoms with Gasteiger partial charge in [-0.05, 0) is 73.0 Å². The van der Waals surface area contributed by atoms with E-state index in [1.807, 2.05) is 50.2 Å². The summed E-state index contributed by atoms with van der Waals surface area (Å²) >= 11 is 0.880. The monoisotopic (exact) mass is 472 g/mol. The van der Waals surface area contributed by atoms with Crippen LogP contribution < -0.4 is 0 Å². The predicted molar refractivity (Wildman–Crippen MR) is 131 cm³/mol. The average molecular weight is 473 g/mol. The molecule has 1 aromatic carbocycles. The quantitative estimate of drug-likeness (QED) is 0.534. The third-order valence-electron chi connectivity index (χ3n) is 6.31. The lowest BCUT2D eigenvalue weighted by Gasteiger charge is -2.29. The highest BCUT2D eigenvalue weighted by atomic mass is 32.2. The molecule has 0 saturated carbocycles. The second-order valence-corrected chi connectivity index (χ2v) is 9.47. The summed E-state index contributed by atoms with van der Waals surface area (Å²) in [6.07, 6.45) is 6.01. The Bertz CT molecular complexity index is 1330. The van der Waals surface area contributed by atoms with Crippen molar-refractivity contribution in [1.29, 1.82) is 0 Å². The molecule has 3 amide bonds. The number of aryl methyl sites for hydroxylation is 1. The van der Waals surface area contributed by atoms with Gasteiger partial charge in [-0.1, -0.05) is 24.3 Å². The fraction of sp³-hybridized carbons (Fsp3) is 0.231. The summed E-state index contributed by atoms with van der Waals surface area (Å²) < 4.78 is 2.06. The van der Waals surface area contributed by atoms with E-state index in [1.165, 1.54) is 5.56 Å². The smallest absolute Gasteiger partial charge is 0.294 e. The second-order valence-electron chi connectivity index (χ2n) is 8.47. The maximum atomic E-state index is 13.0. The van der Waals surface area contributed by atoms with Crippen molar-refractivity contribution in [3.05, 3.63) is 87.8 Å². The van der Waals surface area contributed by atoms with Gasteiger partial charge in [0.25, 0.3) is 11.1 Å². The summed E-state index contributed by atoms with van der Waals surface area (Å²) in [6.45, 7) is 4.80. The highest BCUT2D eigenvalue weighted by Gasteiger charge is 2.37. The Morgan fingerprint density at radius 1 is 1.12 bits per heavy atom. The molecule has 0 bridgehead atoms. The molecule has 3 aromatic rings. The van der Waals surface area contributed by atoms with E-state index in [4.69, 9.17) is 0 Å². The molecule has 0 radical (unpaired) electrons. The SMILES string of the molecule is Cc1cc(C=C2SC(=O)N(CC(=O)N3CCc4ccccc4C3)C2=O)c(C)n1-c1cccnc1. The lowest BCUT2D eigenvalue weighted by molar-refractivity contribution is -0.136. The first kappa shape index (κ1) is 22.2. The zero-order valence-corrected chi connectivity index (χ0v) is 19.8. The van der Waals surface area contributed by atoms with Crippen LogP contribution in [-0.4, -0.2) is 49.5 Å². The molecule has 7 nitrogen and oxygen atoms in total. The number of amides is 3. The van der Waals surface area contributed by atoms with Gasteiger partial charge in [0.1, 0.15) is 6.54 Å². The van der Waals surface area contributed by atoms with E-state index in [-0.39, 0.29) is 12.5 Å². The fourth-order valence-corrected chi connectivity index (χ4v) is 5.37. The molecule has 5 rings (SSSR count). The number of nitrogens with zero attached hydrogens (tertiary/aromatic N) is 4. The van der Waals surface area contributed by atoms with Crippen LogP contribution in [0.25, 0.3) is 11.8 Å². The summed E-state index contributed by atoms with van der Waals surface area (Å²) in [7, 11) is 0. The molecule has 2 aliphatic rings. The molecule has 0 unspecified atom stereocenters. The zero-order chi connectivity index (χ0) is 23.8. The van der Waals surface area contributed by atoms with Gasteiger partial charge in [-0.3, -0.25) is 24.3 Å². The van der Waals surface area contributed by atoms with E-state index >= 15 is 0 Å². The lowest BCUT2D eigenvalue weighted by Crippen LogP contribution is -2.44. The molecule has 0 N–H and O–H groups in total. The first-order chi connectivity index (χ1) is 16.4. The van der Waals surface area contributed by atoms with Crippen molar-refractivity contribution < 1.29 is 14.4 Å². The number of carbonyl (C=O) groups excluding carboxylic acids is 3. The van der Waals surface area contributed by atoms with E-state index in [0.717, 1.165) is 51.3 Å². The molecule has 1 saturated heterocycles. The molecular formula is C26H24N4O3S. The van der Waals surface area contributed by atoms with Gasteiger partial charge in [0.2, 0.25) is 5.91 Å². The Morgan fingerprint density at radius 3 is 2.68 bits per heavy atom. The van der Waals surface area contributed by atoms with E-state index in [2.05, 4.69) is 15.6 Å². The van der Waals surface area contributed by atoms with E-state index in [9.17, 15) is 14.4 Å². The van der Waals surface area contributed by atoms with Gasteiger partial charge >= 0.3 is 0 Å². The van der Waals surface area contributed by atoms with Crippen molar-refractivity contribution in [2.45, 2.75) is 26.8 Å². The maximum Gasteiger partial charge on any atom is 0.294 e. The Labute approximate surface area is 202 Å². The van der Waals surface area contributed by atoms with Gasteiger partial charge < -0.3 is 9.47 Å². The zero-order valence-electron chi connectivity index (χ0n) is 19.0. The van der Waals surface area contributed by atoms with Crippen LogP contribution in [-0.2, 0) is 22.6 Å². The van der Waals surface area contributed by atoms with Crippen LogP contribution in [0.3, 0.4) is 0 Å². The Morgan fingerprint density at radius 2 is 1.91 bits per heavy atom. The third-order valence-corrected chi connectivity index (χ3v) is 7.22. The Balaban J connectivity index is 1.33. The molecule has 1 fully saturated rings. The number of rotatable bonds is 4. The van der Waals surface area contributed by atoms with Gasteiger partial charge in [-0.15, -0.1) is 0 Å². The van der Waals surface area contributed by atoms with Crippen LogP contribution in [0.2, 0.25) is 0 Å². The fourth-order valence-electron chi connectivity index (χ4n) is 4.54. The van der Waals surface area contributed by atoms with Crippen LogP contribution in [0.15, 0.2) is 59.8 Å². The summed E-state index contributed by atoms with van der Waals surface area (Å²) in [5, 5.41) is -0.414. The van der Waals surface area contributed by atoms with E-state index in [0.29, 0.717) is 18.0 Å². The summed E-state index contributed by atoms with van der Waals surface area (Å²) in [6, 6.07) is 13.9. The Hall–Kier alpha value is -3.65. The summed E-state index contributed by atoms with van der Waals surface area (Å²) in [5.41, 5.74) is 6.08. The number of hydrogen-bond acceptors (Lipinski definition) is 5. The number of pyridine rings is 1. The minimum absolute atomic E-state index is 0.215. The minimum Gasteiger partial charge on any atom is -0.336 e. The number of benzene rings is 1. The van der Waals surface area contributed by atoms with E-state index < -0.39 is 11.1 Å².